The third-order valence-electron chi connectivity index (χ3n) is 3.08. The van der Waals surface area contributed by atoms with E-state index in [4.69, 9.17) is 14.2 Å². The molecule has 0 aromatic heterocycles. The lowest BCUT2D eigenvalue weighted by Gasteiger charge is -2.20. The van der Waals surface area contributed by atoms with Gasteiger partial charge in [-0.2, -0.15) is 0 Å². The van der Waals surface area contributed by atoms with Crippen molar-refractivity contribution in [3.63, 3.8) is 0 Å². The molecular weight excluding hydrogens is 312 g/mol. The van der Waals surface area contributed by atoms with E-state index in [1.54, 1.807) is 0 Å². The van der Waals surface area contributed by atoms with E-state index < -0.39 is 0 Å². The molecule has 100 valence electrons. The summed E-state index contributed by atoms with van der Waals surface area (Å²) in [6, 6.07) is 3.81. The largest absolute Gasteiger partial charge is 0.493 e. The number of hydrogen-bond acceptors (Lipinski definition) is 4. The summed E-state index contributed by atoms with van der Waals surface area (Å²) in [4.78, 5) is 11.4. The van der Waals surface area contributed by atoms with E-state index in [-0.39, 0.29) is 11.9 Å². The molecule has 1 aromatic carbocycles. The van der Waals surface area contributed by atoms with Crippen LogP contribution in [0.2, 0.25) is 0 Å². The van der Waals surface area contributed by atoms with E-state index >= 15 is 0 Å². The number of benzene rings is 1. The maximum atomic E-state index is 11.4. The highest BCUT2D eigenvalue weighted by Crippen LogP contribution is 2.41. The molecule has 1 unspecified atom stereocenters. The Hall–Kier alpha value is -1.49. The highest BCUT2D eigenvalue weighted by molar-refractivity contribution is 9.10. The molecule has 2 aliphatic heterocycles. The van der Waals surface area contributed by atoms with Crippen LogP contribution >= 0.6 is 15.9 Å². The molecule has 2 heterocycles. The zero-order chi connectivity index (χ0) is 13.2. The molecule has 0 amide bonds. The monoisotopic (exact) mass is 324 g/mol. The first-order valence-electron chi connectivity index (χ1n) is 6.18. The van der Waals surface area contributed by atoms with Crippen molar-refractivity contribution < 1.29 is 19.0 Å². The highest BCUT2D eigenvalue weighted by Gasteiger charge is 2.23. The zero-order valence-electron chi connectivity index (χ0n) is 10.2. The van der Waals surface area contributed by atoms with Crippen molar-refractivity contribution in [2.24, 2.45) is 0 Å². The standard InChI is InChI=1S/C14H13BrO4/c15-11-6-9(12-8-10(16)2-5-18-12)7-13-14(11)19-4-1-3-17-13/h2,5-7,12H,1,3-4,8H2. The van der Waals surface area contributed by atoms with E-state index in [0.29, 0.717) is 25.4 Å². The van der Waals surface area contributed by atoms with E-state index in [1.165, 1.54) is 12.3 Å². The topological polar surface area (TPSA) is 44.8 Å². The Labute approximate surface area is 119 Å². The molecule has 0 radical (unpaired) electrons. The molecule has 2 aliphatic rings. The Kier molecular flexibility index (Phi) is 3.46. The lowest BCUT2D eigenvalue weighted by atomic mass is 10.0. The number of rotatable bonds is 1. The van der Waals surface area contributed by atoms with Crippen LogP contribution in [0.1, 0.15) is 24.5 Å². The highest BCUT2D eigenvalue weighted by atomic mass is 79.9. The quantitative estimate of drug-likeness (QED) is 0.796. The molecule has 0 saturated heterocycles. The fraction of sp³-hybridized carbons (Fsp3) is 0.357. The number of hydrogen-bond donors (Lipinski definition) is 0. The van der Waals surface area contributed by atoms with Crippen molar-refractivity contribution in [2.75, 3.05) is 13.2 Å². The van der Waals surface area contributed by atoms with Crippen LogP contribution in [-0.4, -0.2) is 19.0 Å². The second-order valence-corrected chi connectivity index (χ2v) is 5.33. The number of allylic oxidation sites excluding steroid dienone is 1. The van der Waals surface area contributed by atoms with Crippen LogP contribution in [0, 0.1) is 0 Å². The van der Waals surface area contributed by atoms with Gasteiger partial charge in [0.25, 0.3) is 0 Å². The molecule has 0 N–H and O–H groups in total. The Morgan fingerprint density at radius 2 is 2.05 bits per heavy atom. The van der Waals surface area contributed by atoms with Crippen LogP contribution < -0.4 is 9.47 Å². The first-order valence-corrected chi connectivity index (χ1v) is 6.97. The molecule has 3 rings (SSSR count). The van der Waals surface area contributed by atoms with Crippen LogP contribution in [0.15, 0.2) is 28.9 Å². The first-order chi connectivity index (χ1) is 9.24. The number of ether oxygens (including phenoxy) is 3. The van der Waals surface area contributed by atoms with Gasteiger partial charge >= 0.3 is 0 Å². The van der Waals surface area contributed by atoms with Crippen molar-refractivity contribution >= 4 is 21.7 Å². The minimum absolute atomic E-state index is 0.0690. The van der Waals surface area contributed by atoms with Crippen LogP contribution in [0.5, 0.6) is 11.5 Å². The van der Waals surface area contributed by atoms with Gasteiger partial charge in [-0.15, -0.1) is 0 Å². The van der Waals surface area contributed by atoms with Gasteiger partial charge < -0.3 is 14.2 Å². The Bertz CT molecular complexity index is 538. The number of ketones is 1. The minimum atomic E-state index is -0.258. The Morgan fingerprint density at radius 1 is 1.21 bits per heavy atom. The summed E-state index contributed by atoms with van der Waals surface area (Å²) in [5.41, 5.74) is 0.911. The molecule has 19 heavy (non-hydrogen) atoms. The summed E-state index contributed by atoms with van der Waals surface area (Å²) in [6.45, 7) is 1.28. The number of halogens is 1. The predicted octanol–water partition coefficient (Wildman–Crippen LogP) is 3.15. The lowest BCUT2D eigenvalue weighted by Crippen LogP contribution is -2.11. The van der Waals surface area contributed by atoms with E-state index in [9.17, 15) is 4.79 Å². The number of fused-ring (bicyclic) bond motifs is 1. The molecular formula is C14H13BrO4. The third kappa shape index (κ3) is 2.61. The van der Waals surface area contributed by atoms with Crippen molar-refractivity contribution in [1.29, 1.82) is 0 Å². The summed E-state index contributed by atoms with van der Waals surface area (Å²) < 4.78 is 17.6. The van der Waals surface area contributed by atoms with Crippen molar-refractivity contribution in [3.8, 4) is 11.5 Å². The third-order valence-corrected chi connectivity index (χ3v) is 3.67. The van der Waals surface area contributed by atoms with E-state index in [1.807, 2.05) is 12.1 Å². The summed E-state index contributed by atoms with van der Waals surface area (Å²) in [7, 11) is 0. The molecule has 5 heteroatoms. The van der Waals surface area contributed by atoms with Crippen molar-refractivity contribution in [2.45, 2.75) is 18.9 Å². The fourth-order valence-electron chi connectivity index (χ4n) is 2.14. The number of carbonyl (C=O) groups is 1. The molecule has 1 atom stereocenters. The molecule has 0 saturated carbocycles. The number of carbonyl (C=O) groups excluding carboxylic acids is 1. The van der Waals surface area contributed by atoms with Gasteiger partial charge in [0.1, 0.15) is 6.10 Å². The second kappa shape index (κ2) is 5.25. The maximum absolute atomic E-state index is 11.4. The molecule has 0 aliphatic carbocycles. The predicted molar refractivity (Wildman–Crippen MR) is 72.3 cm³/mol. The summed E-state index contributed by atoms with van der Waals surface area (Å²) in [6.07, 6.45) is 3.85. The zero-order valence-corrected chi connectivity index (χ0v) is 11.8. The van der Waals surface area contributed by atoms with Crippen LogP contribution in [-0.2, 0) is 9.53 Å². The van der Waals surface area contributed by atoms with Crippen LogP contribution in [0.3, 0.4) is 0 Å². The van der Waals surface area contributed by atoms with Gasteiger partial charge in [-0.1, -0.05) is 0 Å². The Balaban J connectivity index is 1.95. The normalized spacial score (nSPS) is 21.7. The van der Waals surface area contributed by atoms with E-state index in [0.717, 1.165) is 22.2 Å². The van der Waals surface area contributed by atoms with Gasteiger partial charge in [0.15, 0.2) is 17.3 Å². The lowest BCUT2D eigenvalue weighted by molar-refractivity contribution is -0.118. The van der Waals surface area contributed by atoms with Crippen molar-refractivity contribution in [3.05, 3.63) is 34.5 Å². The van der Waals surface area contributed by atoms with Crippen LogP contribution in [0.4, 0.5) is 0 Å². The van der Waals surface area contributed by atoms with Crippen molar-refractivity contribution in [1.82, 2.24) is 0 Å². The summed E-state index contributed by atoms with van der Waals surface area (Å²) >= 11 is 3.49. The van der Waals surface area contributed by atoms with Gasteiger partial charge in [-0.25, -0.2) is 0 Å². The van der Waals surface area contributed by atoms with Gasteiger partial charge in [0, 0.05) is 12.5 Å². The molecule has 0 spiro atoms. The second-order valence-electron chi connectivity index (χ2n) is 4.48. The average molecular weight is 325 g/mol. The molecule has 1 aromatic rings. The molecule has 0 bridgehead atoms. The van der Waals surface area contributed by atoms with Gasteiger partial charge in [-0.05, 0) is 33.6 Å². The first kappa shape index (κ1) is 12.5. The summed E-state index contributed by atoms with van der Waals surface area (Å²) in [5, 5.41) is 0. The van der Waals surface area contributed by atoms with Crippen LogP contribution in [0.25, 0.3) is 0 Å². The Morgan fingerprint density at radius 3 is 2.89 bits per heavy atom. The maximum Gasteiger partial charge on any atom is 0.175 e. The average Bonchev–Trinajstić information content (AvgIpc) is 2.64. The van der Waals surface area contributed by atoms with Gasteiger partial charge in [-0.3, -0.25) is 4.79 Å². The van der Waals surface area contributed by atoms with Gasteiger partial charge in [0.05, 0.1) is 30.4 Å². The fourth-order valence-corrected chi connectivity index (χ4v) is 2.72. The summed E-state index contributed by atoms with van der Waals surface area (Å²) in [5.74, 6) is 1.49. The SMILES string of the molecule is O=C1C=COC(c2cc(Br)c3c(c2)OCCCO3)C1. The molecule has 0 fully saturated rings. The smallest absolute Gasteiger partial charge is 0.175 e. The minimum Gasteiger partial charge on any atom is -0.493 e. The van der Waals surface area contributed by atoms with Gasteiger partial charge in [0.2, 0.25) is 0 Å². The molecule has 4 nitrogen and oxygen atoms in total. The van der Waals surface area contributed by atoms with E-state index in [2.05, 4.69) is 15.9 Å².